The smallest absolute Gasteiger partial charge is 0.416 e. The van der Waals surface area contributed by atoms with E-state index >= 15 is 0 Å². The van der Waals surface area contributed by atoms with Crippen LogP contribution in [0.15, 0.2) is 59.9 Å². The number of halogens is 3. The van der Waals surface area contributed by atoms with Crippen LogP contribution in [0, 0.1) is 0 Å². The van der Waals surface area contributed by atoms with Gasteiger partial charge in [-0.1, -0.05) is 37.7 Å². The van der Waals surface area contributed by atoms with Crippen molar-refractivity contribution >= 4 is 35.1 Å². The van der Waals surface area contributed by atoms with Gasteiger partial charge in [0.2, 0.25) is 5.88 Å². The molecule has 3 rings (SSSR count). The van der Waals surface area contributed by atoms with Gasteiger partial charge >= 0.3 is 6.18 Å². The van der Waals surface area contributed by atoms with E-state index in [9.17, 15) is 13.2 Å². The van der Waals surface area contributed by atoms with Crippen LogP contribution < -0.4 is 15.0 Å². The third-order valence-electron chi connectivity index (χ3n) is 4.48. The molecule has 0 spiro atoms. The fourth-order valence-electron chi connectivity index (χ4n) is 2.79. The number of amidine groups is 1. The largest absolute Gasteiger partial charge is 0.437 e. The van der Waals surface area contributed by atoms with Gasteiger partial charge in [-0.3, -0.25) is 4.99 Å². The predicted octanol–water partition coefficient (Wildman–Crippen LogP) is 6.62. The molecule has 0 saturated heterocycles. The number of aliphatic imine (C=N–C) groups is 1. The Kier molecular flexibility index (Phi) is 12.4. The van der Waals surface area contributed by atoms with Crippen LogP contribution >= 0.6 is 11.8 Å². The zero-order chi connectivity index (χ0) is 27.3. The minimum Gasteiger partial charge on any atom is -0.437 e. The number of ether oxygens (including phenoxy) is 1. The van der Waals surface area contributed by atoms with E-state index < -0.39 is 11.7 Å². The van der Waals surface area contributed by atoms with Crippen LogP contribution in [0.5, 0.6) is 11.6 Å². The topological polar surface area (TPSA) is 79.7 Å². The minimum atomic E-state index is -4.39. The van der Waals surface area contributed by atoms with E-state index in [0.717, 1.165) is 17.8 Å². The molecule has 7 nitrogen and oxygen atoms in total. The van der Waals surface area contributed by atoms with Gasteiger partial charge in [-0.15, -0.1) is 0 Å². The van der Waals surface area contributed by atoms with Crippen LogP contribution in [0.1, 0.15) is 19.4 Å². The van der Waals surface area contributed by atoms with Gasteiger partial charge in [0, 0.05) is 44.5 Å². The number of benzene rings is 2. The Balaban J connectivity index is 0.00000154. The zero-order valence-electron chi connectivity index (χ0n) is 21.1. The van der Waals surface area contributed by atoms with E-state index in [2.05, 4.69) is 20.3 Å². The average molecular weight is 522 g/mol. The second-order valence-corrected chi connectivity index (χ2v) is 7.65. The maximum atomic E-state index is 12.8. The Labute approximate surface area is 213 Å². The van der Waals surface area contributed by atoms with E-state index in [-0.39, 0.29) is 5.88 Å². The third kappa shape index (κ3) is 8.56. The summed E-state index contributed by atoms with van der Waals surface area (Å²) in [6.07, 6.45) is -1.17. The highest BCUT2D eigenvalue weighted by molar-refractivity contribution is 8.13. The minimum absolute atomic E-state index is 0.257. The lowest BCUT2D eigenvalue weighted by molar-refractivity contribution is -0.137. The third-order valence-corrected chi connectivity index (χ3v) is 5.16. The van der Waals surface area contributed by atoms with Crippen LogP contribution in [0.4, 0.5) is 24.5 Å². The summed E-state index contributed by atoms with van der Waals surface area (Å²) in [5.74, 6) is 0.775. The molecule has 0 aliphatic rings. The number of alkyl halides is 3. The van der Waals surface area contributed by atoms with Crippen LogP contribution in [-0.4, -0.2) is 49.3 Å². The van der Waals surface area contributed by atoms with Gasteiger partial charge in [-0.2, -0.15) is 13.2 Å². The number of aromatic nitrogens is 2. The number of carbonyl (C=O) groups is 1. The van der Waals surface area contributed by atoms with Crippen LogP contribution in [-0.2, 0) is 11.0 Å². The number of rotatable bonds is 5. The van der Waals surface area contributed by atoms with E-state index in [4.69, 9.17) is 9.53 Å². The fraction of sp³-hybridized carbons (Fsp3) is 0.280. The first-order valence-corrected chi connectivity index (χ1v) is 12.0. The molecule has 0 aliphatic carbocycles. The maximum absolute atomic E-state index is 12.8. The molecule has 36 heavy (non-hydrogen) atoms. The van der Waals surface area contributed by atoms with E-state index in [1.165, 1.54) is 30.2 Å². The summed E-state index contributed by atoms with van der Waals surface area (Å²) in [7, 11) is 5.52. The highest BCUT2D eigenvalue weighted by Gasteiger charge is 2.30. The molecule has 11 heteroatoms. The van der Waals surface area contributed by atoms with E-state index in [1.54, 1.807) is 13.1 Å². The molecule has 0 saturated carbocycles. The summed E-state index contributed by atoms with van der Waals surface area (Å²) in [5.41, 5.74) is 1.86. The molecule has 2 aromatic carbocycles. The van der Waals surface area contributed by atoms with E-state index in [1.807, 2.05) is 64.1 Å². The lowest BCUT2D eigenvalue weighted by Gasteiger charge is -2.18. The molecule has 3 aromatic rings. The molecule has 0 aliphatic heterocycles. The monoisotopic (exact) mass is 521 g/mol. The Bertz CT molecular complexity index is 1120. The molecule has 0 amide bonds. The summed E-state index contributed by atoms with van der Waals surface area (Å²) in [5, 5.41) is 3.93. The van der Waals surface area contributed by atoms with Crippen molar-refractivity contribution in [1.29, 1.82) is 0 Å². The van der Waals surface area contributed by atoms with Gasteiger partial charge in [-0.05, 0) is 30.5 Å². The average Bonchev–Trinajstić information content (AvgIpc) is 2.90. The Morgan fingerprint density at radius 2 is 1.69 bits per heavy atom. The summed E-state index contributed by atoms with van der Waals surface area (Å²) >= 11 is 1.46. The second kappa shape index (κ2) is 14.7. The molecule has 0 fully saturated rings. The number of thioether (sulfide) groups is 1. The van der Waals surface area contributed by atoms with Gasteiger partial charge in [0.25, 0.3) is 0 Å². The number of carbonyl (C=O) groups excluding carboxylic acids is 1. The molecular weight excluding hydrogens is 491 g/mol. The Morgan fingerprint density at radius 3 is 2.22 bits per heavy atom. The standard InChI is InChI=1S/C22H22F3N5OS.C2H6.CH2O/c1-26-21(32-4)29-17-10-9-16(30(2)3)11-19(17)31-20-12-18(27-13-28-20)14-5-7-15(8-6-14)22(23,24)25;2*1-2/h5-13H,1-4H3,(H,26,29);1-2H3;1H2. The molecule has 0 unspecified atom stereocenters. The molecule has 0 radical (unpaired) electrons. The van der Waals surface area contributed by atoms with Crippen molar-refractivity contribution in [2.24, 2.45) is 4.99 Å². The van der Waals surface area contributed by atoms with Gasteiger partial charge in [0.1, 0.15) is 13.1 Å². The predicted molar refractivity (Wildman–Crippen MR) is 142 cm³/mol. The molecule has 0 atom stereocenters. The van der Waals surface area contributed by atoms with Crippen molar-refractivity contribution in [3.05, 3.63) is 60.4 Å². The lowest BCUT2D eigenvalue weighted by atomic mass is 10.1. The molecule has 0 bridgehead atoms. The van der Waals surface area contributed by atoms with Crippen molar-refractivity contribution in [3.63, 3.8) is 0 Å². The van der Waals surface area contributed by atoms with Crippen molar-refractivity contribution in [2.75, 3.05) is 37.6 Å². The van der Waals surface area contributed by atoms with Crippen LogP contribution in [0.2, 0.25) is 0 Å². The number of nitrogens with zero attached hydrogens (tertiary/aromatic N) is 4. The number of hydrogen-bond acceptors (Lipinski definition) is 7. The van der Waals surface area contributed by atoms with Crippen molar-refractivity contribution in [2.45, 2.75) is 20.0 Å². The second-order valence-electron chi connectivity index (χ2n) is 6.85. The van der Waals surface area contributed by atoms with E-state index in [0.29, 0.717) is 27.9 Å². The Hall–Kier alpha value is -3.60. The lowest BCUT2D eigenvalue weighted by Crippen LogP contribution is -2.11. The van der Waals surface area contributed by atoms with Crippen LogP contribution in [0.25, 0.3) is 11.3 Å². The van der Waals surface area contributed by atoms with Gasteiger partial charge in [-0.25, -0.2) is 9.97 Å². The number of nitrogens with one attached hydrogen (secondary N) is 1. The summed E-state index contributed by atoms with van der Waals surface area (Å²) in [6, 6.07) is 12.0. The van der Waals surface area contributed by atoms with Crippen molar-refractivity contribution in [1.82, 2.24) is 9.97 Å². The fourth-order valence-corrected chi connectivity index (χ4v) is 3.18. The maximum Gasteiger partial charge on any atom is 0.416 e. The molecular formula is C25H30F3N5O2S. The van der Waals surface area contributed by atoms with Gasteiger partial charge < -0.3 is 19.7 Å². The highest BCUT2D eigenvalue weighted by Crippen LogP contribution is 2.35. The first-order valence-electron chi connectivity index (χ1n) is 10.8. The molecule has 1 aromatic heterocycles. The zero-order valence-corrected chi connectivity index (χ0v) is 21.9. The highest BCUT2D eigenvalue weighted by atomic mass is 32.2. The normalized spacial score (nSPS) is 10.9. The van der Waals surface area contributed by atoms with Crippen LogP contribution in [0.3, 0.4) is 0 Å². The Morgan fingerprint density at radius 1 is 1.06 bits per heavy atom. The summed E-state index contributed by atoms with van der Waals surface area (Å²) in [6.45, 7) is 6.00. The SMILES string of the molecule is C=O.CC.CN=C(Nc1ccc(N(C)C)cc1Oc1cc(-c2ccc(C(F)(F)F)cc2)ncn1)SC. The number of hydrogen-bond donors (Lipinski definition) is 1. The summed E-state index contributed by atoms with van der Waals surface area (Å²) in [4.78, 5) is 22.5. The first-order chi connectivity index (χ1) is 17.2. The van der Waals surface area contributed by atoms with Crippen molar-refractivity contribution < 1.29 is 22.7 Å². The van der Waals surface area contributed by atoms with Gasteiger partial charge in [0.15, 0.2) is 10.9 Å². The molecule has 194 valence electrons. The molecule has 1 heterocycles. The van der Waals surface area contributed by atoms with Crippen molar-refractivity contribution in [3.8, 4) is 22.9 Å². The quantitative estimate of drug-likeness (QED) is 0.298. The first kappa shape index (κ1) is 30.4. The molecule has 1 N–H and O–H groups in total. The summed E-state index contributed by atoms with van der Waals surface area (Å²) < 4.78 is 44.5. The number of anilines is 2. The van der Waals surface area contributed by atoms with Gasteiger partial charge in [0.05, 0.1) is 16.9 Å².